The minimum Gasteiger partial charge on any atom is -0.324 e. The number of azide groups is 1. The monoisotopic (exact) mass is 309 g/mol. The van der Waals surface area contributed by atoms with E-state index in [2.05, 4.69) is 39.7 Å². The number of rotatable bonds is 5. The molecule has 0 N–H and O–H groups in total. The zero-order valence-electron chi connectivity index (χ0n) is 12.2. The van der Waals surface area contributed by atoms with Crippen LogP contribution in [0, 0.1) is 6.92 Å². The topological polar surface area (TPSA) is 66.6 Å². The maximum Gasteiger partial charge on any atom is 0.123 e. The van der Waals surface area contributed by atoms with Gasteiger partial charge in [0.2, 0.25) is 0 Å². The van der Waals surface area contributed by atoms with Gasteiger partial charge in [-0.05, 0) is 43.1 Å². The van der Waals surface area contributed by atoms with Crippen molar-refractivity contribution in [1.82, 2.24) is 9.55 Å². The predicted molar refractivity (Wildman–Crippen MR) is 89.3 cm³/mol. The Morgan fingerprint density at radius 2 is 2.09 bits per heavy atom. The van der Waals surface area contributed by atoms with Gasteiger partial charge in [-0.1, -0.05) is 17.2 Å². The van der Waals surface area contributed by atoms with E-state index in [1.807, 2.05) is 30.6 Å². The molecule has 1 aromatic carbocycles. The summed E-state index contributed by atoms with van der Waals surface area (Å²) in [6, 6.07) is 12.3. The maximum absolute atomic E-state index is 8.36. The zero-order valence-corrected chi connectivity index (χ0v) is 13.0. The molecule has 22 heavy (non-hydrogen) atoms. The molecule has 0 aliphatic rings. The second kappa shape index (κ2) is 6.47. The molecule has 0 radical (unpaired) electrons. The van der Waals surface area contributed by atoms with Crippen LogP contribution in [0.4, 0.5) is 0 Å². The van der Waals surface area contributed by atoms with Crippen molar-refractivity contribution in [3.05, 3.63) is 69.8 Å². The summed E-state index contributed by atoms with van der Waals surface area (Å²) >= 11 is 1.68. The van der Waals surface area contributed by atoms with Crippen molar-refractivity contribution in [3.8, 4) is 16.3 Å². The summed E-state index contributed by atoms with van der Waals surface area (Å²) in [5, 5.41) is 4.58. The van der Waals surface area contributed by atoms with E-state index in [0.29, 0.717) is 13.0 Å². The number of thiazole rings is 1. The van der Waals surface area contributed by atoms with Gasteiger partial charge < -0.3 is 4.57 Å². The second-order valence-electron chi connectivity index (χ2n) is 4.87. The highest BCUT2D eigenvalue weighted by molar-refractivity contribution is 7.15. The van der Waals surface area contributed by atoms with Crippen molar-refractivity contribution in [1.29, 1.82) is 0 Å². The quantitative estimate of drug-likeness (QED) is 0.380. The largest absolute Gasteiger partial charge is 0.324 e. The van der Waals surface area contributed by atoms with Gasteiger partial charge in [-0.25, -0.2) is 4.98 Å². The molecule has 0 atom stereocenters. The highest BCUT2D eigenvalue weighted by Gasteiger charge is 2.09. The van der Waals surface area contributed by atoms with E-state index >= 15 is 0 Å². The fourth-order valence-electron chi connectivity index (χ4n) is 2.29. The molecule has 6 heteroatoms. The van der Waals surface area contributed by atoms with Crippen LogP contribution in [0.3, 0.4) is 0 Å². The van der Waals surface area contributed by atoms with Crippen molar-refractivity contribution < 1.29 is 0 Å². The molecule has 3 rings (SSSR count). The standard InChI is InChI=1S/C16H15N5S/c1-12-15(7-8-18-20-17)19-16(22-12)13-5-4-6-14(11-13)21-9-2-3-10-21/h2-6,9-11H,7-8H2,1H3. The summed E-state index contributed by atoms with van der Waals surface area (Å²) < 4.78 is 2.08. The number of aryl methyl sites for hydroxylation is 1. The minimum atomic E-state index is 0.448. The first-order chi connectivity index (χ1) is 10.8. The van der Waals surface area contributed by atoms with Crippen LogP contribution in [0.25, 0.3) is 26.7 Å². The van der Waals surface area contributed by atoms with Gasteiger partial charge in [-0.2, -0.15) is 0 Å². The van der Waals surface area contributed by atoms with Gasteiger partial charge in [0.05, 0.1) is 5.69 Å². The SMILES string of the molecule is Cc1sc(-c2cccc(-n3cccc3)c2)nc1CCN=[N+]=[N-]. The lowest BCUT2D eigenvalue weighted by atomic mass is 10.2. The van der Waals surface area contributed by atoms with E-state index in [4.69, 9.17) is 10.5 Å². The molecule has 0 amide bonds. The molecule has 2 aromatic heterocycles. The van der Waals surface area contributed by atoms with Crippen LogP contribution in [-0.4, -0.2) is 16.1 Å². The van der Waals surface area contributed by atoms with Gasteiger partial charge >= 0.3 is 0 Å². The van der Waals surface area contributed by atoms with Gasteiger partial charge in [0.1, 0.15) is 5.01 Å². The lowest BCUT2D eigenvalue weighted by molar-refractivity contribution is 0.918. The van der Waals surface area contributed by atoms with E-state index in [1.54, 1.807) is 11.3 Å². The first-order valence-electron chi connectivity index (χ1n) is 6.99. The van der Waals surface area contributed by atoms with E-state index in [1.165, 1.54) is 4.88 Å². The Balaban J connectivity index is 1.89. The van der Waals surface area contributed by atoms with E-state index < -0.39 is 0 Å². The Morgan fingerprint density at radius 1 is 1.27 bits per heavy atom. The summed E-state index contributed by atoms with van der Waals surface area (Å²) in [6.45, 7) is 2.51. The summed E-state index contributed by atoms with van der Waals surface area (Å²) in [5.41, 5.74) is 11.6. The summed E-state index contributed by atoms with van der Waals surface area (Å²) in [5.74, 6) is 0. The molecule has 0 fully saturated rings. The van der Waals surface area contributed by atoms with E-state index in [-0.39, 0.29) is 0 Å². The Labute approximate surface area is 132 Å². The molecule has 3 aromatic rings. The van der Waals surface area contributed by atoms with Gasteiger partial charge in [0, 0.05) is 40.0 Å². The second-order valence-corrected chi connectivity index (χ2v) is 6.07. The van der Waals surface area contributed by atoms with Crippen LogP contribution < -0.4 is 0 Å². The van der Waals surface area contributed by atoms with Crippen LogP contribution in [0.1, 0.15) is 10.6 Å². The van der Waals surface area contributed by atoms with Crippen LogP contribution in [-0.2, 0) is 6.42 Å². The Hall–Kier alpha value is -2.56. The zero-order chi connectivity index (χ0) is 15.4. The van der Waals surface area contributed by atoms with Gasteiger partial charge in [-0.15, -0.1) is 11.3 Å². The Bertz CT molecular complexity index is 813. The molecule has 0 aliphatic heterocycles. The fraction of sp³-hybridized carbons (Fsp3) is 0.188. The Kier molecular flexibility index (Phi) is 4.23. The smallest absolute Gasteiger partial charge is 0.123 e. The summed E-state index contributed by atoms with van der Waals surface area (Å²) in [6.07, 6.45) is 4.73. The molecule has 0 saturated heterocycles. The van der Waals surface area contributed by atoms with Crippen LogP contribution >= 0.6 is 11.3 Å². The van der Waals surface area contributed by atoms with Crippen molar-refractivity contribution in [2.24, 2.45) is 5.11 Å². The third-order valence-corrected chi connectivity index (χ3v) is 4.46. The van der Waals surface area contributed by atoms with E-state index in [9.17, 15) is 0 Å². The van der Waals surface area contributed by atoms with Crippen molar-refractivity contribution >= 4 is 11.3 Å². The molecule has 2 heterocycles. The maximum atomic E-state index is 8.36. The first-order valence-corrected chi connectivity index (χ1v) is 7.80. The number of benzene rings is 1. The van der Waals surface area contributed by atoms with Crippen molar-refractivity contribution in [3.63, 3.8) is 0 Å². The van der Waals surface area contributed by atoms with Crippen molar-refractivity contribution in [2.45, 2.75) is 13.3 Å². The Morgan fingerprint density at radius 3 is 2.86 bits per heavy atom. The van der Waals surface area contributed by atoms with Gasteiger partial charge in [-0.3, -0.25) is 0 Å². The van der Waals surface area contributed by atoms with E-state index in [0.717, 1.165) is 22.0 Å². The van der Waals surface area contributed by atoms with Gasteiger partial charge in [0.15, 0.2) is 0 Å². The number of aromatic nitrogens is 2. The highest BCUT2D eigenvalue weighted by Crippen LogP contribution is 2.29. The lowest BCUT2D eigenvalue weighted by Gasteiger charge is -2.04. The molecular weight excluding hydrogens is 294 g/mol. The van der Waals surface area contributed by atoms with Crippen LogP contribution in [0.2, 0.25) is 0 Å². The number of nitrogens with zero attached hydrogens (tertiary/aromatic N) is 5. The minimum absolute atomic E-state index is 0.448. The van der Waals surface area contributed by atoms with Crippen molar-refractivity contribution in [2.75, 3.05) is 6.54 Å². The number of hydrogen-bond donors (Lipinski definition) is 0. The molecule has 110 valence electrons. The normalized spacial score (nSPS) is 10.4. The van der Waals surface area contributed by atoms with Crippen LogP contribution in [0.5, 0.6) is 0 Å². The molecule has 0 unspecified atom stereocenters. The summed E-state index contributed by atoms with van der Waals surface area (Å²) in [4.78, 5) is 8.66. The molecule has 5 nitrogen and oxygen atoms in total. The predicted octanol–water partition coefficient (Wildman–Crippen LogP) is 4.76. The molecule has 0 aliphatic carbocycles. The van der Waals surface area contributed by atoms with Gasteiger partial charge in [0.25, 0.3) is 0 Å². The number of hydrogen-bond acceptors (Lipinski definition) is 3. The molecular formula is C16H15N5S. The van der Waals surface area contributed by atoms with Crippen LogP contribution in [0.15, 0.2) is 53.9 Å². The fourth-order valence-corrected chi connectivity index (χ4v) is 3.25. The average molecular weight is 309 g/mol. The molecule has 0 bridgehead atoms. The lowest BCUT2D eigenvalue weighted by Crippen LogP contribution is -1.92. The third kappa shape index (κ3) is 3.03. The average Bonchev–Trinajstić information content (AvgIpc) is 3.18. The molecule has 0 saturated carbocycles. The first kappa shape index (κ1) is 14.4. The molecule has 0 spiro atoms. The summed E-state index contributed by atoms with van der Waals surface area (Å²) in [7, 11) is 0. The highest BCUT2D eigenvalue weighted by atomic mass is 32.1. The third-order valence-electron chi connectivity index (χ3n) is 3.40.